The zero-order valence-corrected chi connectivity index (χ0v) is 10.6. The molecule has 0 spiro atoms. The predicted octanol–water partition coefficient (Wildman–Crippen LogP) is 1.46. The SMILES string of the molecule is CCOc1cc(NCC2(C(=O)O)CC2)nc(C)n1. The first-order valence-electron chi connectivity index (χ1n) is 6.01. The van der Waals surface area contributed by atoms with Crippen LogP contribution in [0, 0.1) is 12.3 Å². The lowest BCUT2D eigenvalue weighted by atomic mass is 10.1. The molecule has 1 aromatic heterocycles. The van der Waals surface area contributed by atoms with E-state index in [2.05, 4.69) is 15.3 Å². The Morgan fingerprint density at radius 2 is 2.28 bits per heavy atom. The number of aryl methyl sites for hydroxylation is 1. The maximum atomic E-state index is 11.0. The third-order valence-corrected chi connectivity index (χ3v) is 3.02. The Kier molecular flexibility index (Phi) is 3.36. The van der Waals surface area contributed by atoms with Crippen molar-refractivity contribution in [3.05, 3.63) is 11.9 Å². The lowest BCUT2D eigenvalue weighted by Gasteiger charge is -2.12. The molecule has 6 heteroatoms. The first-order chi connectivity index (χ1) is 8.55. The normalized spacial score (nSPS) is 16.1. The van der Waals surface area contributed by atoms with Gasteiger partial charge in [0.2, 0.25) is 5.88 Å². The molecule has 1 fully saturated rings. The molecule has 98 valence electrons. The Morgan fingerprint density at radius 1 is 1.56 bits per heavy atom. The summed E-state index contributed by atoms with van der Waals surface area (Å²) >= 11 is 0. The summed E-state index contributed by atoms with van der Waals surface area (Å²) in [5.74, 6) is 0.973. The van der Waals surface area contributed by atoms with Gasteiger partial charge in [-0.25, -0.2) is 4.98 Å². The molecule has 18 heavy (non-hydrogen) atoms. The lowest BCUT2D eigenvalue weighted by molar-refractivity contribution is -0.142. The molecule has 0 unspecified atom stereocenters. The summed E-state index contributed by atoms with van der Waals surface area (Å²) in [6.07, 6.45) is 1.44. The Hall–Kier alpha value is -1.85. The molecule has 0 bridgehead atoms. The molecule has 1 aromatic rings. The third kappa shape index (κ3) is 2.69. The third-order valence-electron chi connectivity index (χ3n) is 3.02. The van der Waals surface area contributed by atoms with Gasteiger partial charge in [0.15, 0.2) is 0 Å². The second kappa shape index (κ2) is 4.80. The van der Waals surface area contributed by atoms with Gasteiger partial charge in [-0.15, -0.1) is 0 Å². The van der Waals surface area contributed by atoms with E-state index < -0.39 is 11.4 Å². The van der Waals surface area contributed by atoms with E-state index in [4.69, 9.17) is 9.84 Å². The van der Waals surface area contributed by atoms with Crippen LogP contribution in [0.1, 0.15) is 25.6 Å². The van der Waals surface area contributed by atoms with Crippen molar-refractivity contribution in [3.63, 3.8) is 0 Å². The average molecular weight is 251 g/mol. The number of nitrogens with one attached hydrogen (secondary N) is 1. The molecule has 0 radical (unpaired) electrons. The van der Waals surface area contributed by atoms with Crippen molar-refractivity contribution in [1.29, 1.82) is 0 Å². The van der Waals surface area contributed by atoms with Crippen molar-refractivity contribution in [2.24, 2.45) is 5.41 Å². The van der Waals surface area contributed by atoms with Crippen LogP contribution in [0.4, 0.5) is 5.82 Å². The second-order valence-electron chi connectivity index (χ2n) is 4.51. The Morgan fingerprint density at radius 3 is 2.83 bits per heavy atom. The highest BCUT2D eigenvalue weighted by Crippen LogP contribution is 2.45. The van der Waals surface area contributed by atoms with Gasteiger partial charge in [-0.2, -0.15) is 4.98 Å². The number of nitrogens with zero attached hydrogens (tertiary/aromatic N) is 2. The second-order valence-corrected chi connectivity index (χ2v) is 4.51. The minimum Gasteiger partial charge on any atom is -0.481 e. The van der Waals surface area contributed by atoms with Gasteiger partial charge >= 0.3 is 5.97 Å². The van der Waals surface area contributed by atoms with E-state index in [1.807, 2.05) is 6.92 Å². The van der Waals surface area contributed by atoms with Crippen molar-refractivity contribution in [2.45, 2.75) is 26.7 Å². The van der Waals surface area contributed by atoms with Crippen LogP contribution in [0.25, 0.3) is 0 Å². The Balaban J connectivity index is 2.03. The van der Waals surface area contributed by atoms with Gasteiger partial charge in [0.05, 0.1) is 12.0 Å². The van der Waals surface area contributed by atoms with Crippen LogP contribution in [0.3, 0.4) is 0 Å². The van der Waals surface area contributed by atoms with Crippen LogP contribution in [0.15, 0.2) is 6.07 Å². The summed E-state index contributed by atoms with van der Waals surface area (Å²) in [7, 11) is 0. The molecule has 0 atom stereocenters. The first kappa shape index (κ1) is 12.6. The van der Waals surface area contributed by atoms with E-state index in [1.165, 1.54) is 0 Å². The number of ether oxygens (including phenoxy) is 1. The fourth-order valence-electron chi connectivity index (χ4n) is 1.73. The molecular formula is C12H17N3O3. The van der Waals surface area contributed by atoms with Gasteiger partial charge in [0.1, 0.15) is 11.6 Å². The highest BCUT2D eigenvalue weighted by atomic mass is 16.5. The largest absolute Gasteiger partial charge is 0.481 e. The highest BCUT2D eigenvalue weighted by Gasteiger charge is 2.50. The number of carbonyl (C=O) groups is 1. The summed E-state index contributed by atoms with van der Waals surface area (Å²) in [6.45, 7) is 4.59. The molecule has 0 aromatic carbocycles. The van der Waals surface area contributed by atoms with Crippen molar-refractivity contribution < 1.29 is 14.6 Å². The van der Waals surface area contributed by atoms with Crippen LogP contribution in [-0.2, 0) is 4.79 Å². The van der Waals surface area contributed by atoms with E-state index in [9.17, 15) is 4.79 Å². The number of aliphatic carboxylic acids is 1. The van der Waals surface area contributed by atoms with Gasteiger partial charge in [0, 0.05) is 12.6 Å². The van der Waals surface area contributed by atoms with E-state index in [0.29, 0.717) is 30.7 Å². The maximum Gasteiger partial charge on any atom is 0.311 e. The summed E-state index contributed by atoms with van der Waals surface area (Å²) in [6, 6.07) is 1.69. The van der Waals surface area contributed by atoms with E-state index in [0.717, 1.165) is 12.8 Å². The van der Waals surface area contributed by atoms with Gasteiger partial charge in [-0.05, 0) is 26.7 Å². The van der Waals surface area contributed by atoms with Gasteiger partial charge < -0.3 is 15.2 Å². The average Bonchev–Trinajstić information content (AvgIpc) is 3.07. The molecule has 0 saturated heterocycles. The molecule has 0 aliphatic heterocycles. The standard InChI is InChI=1S/C12H17N3O3/c1-3-18-10-6-9(14-8(2)15-10)13-7-12(4-5-12)11(16)17/h6H,3-5,7H2,1-2H3,(H,16,17)(H,13,14,15). The van der Waals surface area contributed by atoms with Crippen LogP contribution < -0.4 is 10.1 Å². The van der Waals surface area contributed by atoms with E-state index >= 15 is 0 Å². The topological polar surface area (TPSA) is 84.3 Å². The van der Waals surface area contributed by atoms with Gasteiger partial charge in [0.25, 0.3) is 0 Å². The van der Waals surface area contributed by atoms with E-state index in [1.54, 1.807) is 13.0 Å². The number of hydrogen-bond donors (Lipinski definition) is 2. The maximum absolute atomic E-state index is 11.0. The molecule has 1 saturated carbocycles. The number of aromatic nitrogens is 2. The number of carboxylic acid groups (broad SMARTS) is 1. The zero-order valence-electron chi connectivity index (χ0n) is 10.6. The summed E-state index contributed by atoms with van der Waals surface area (Å²) in [5.41, 5.74) is -0.607. The van der Waals surface area contributed by atoms with Crippen LogP contribution in [0.2, 0.25) is 0 Å². The van der Waals surface area contributed by atoms with Crippen molar-refractivity contribution in [1.82, 2.24) is 9.97 Å². The Labute approximate surface area is 105 Å². The number of anilines is 1. The summed E-state index contributed by atoms with van der Waals surface area (Å²) < 4.78 is 5.31. The smallest absolute Gasteiger partial charge is 0.311 e. The molecular weight excluding hydrogens is 234 g/mol. The zero-order chi connectivity index (χ0) is 13.2. The molecule has 0 amide bonds. The molecule has 1 aliphatic carbocycles. The number of rotatable bonds is 6. The molecule has 2 rings (SSSR count). The summed E-state index contributed by atoms with van der Waals surface area (Å²) in [5, 5.41) is 12.1. The van der Waals surface area contributed by atoms with Crippen molar-refractivity contribution >= 4 is 11.8 Å². The molecule has 1 aliphatic rings. The highest BCUT2D eigenvalue weighted by molar-refractivity contribution is 5.78. The fraction of sp³-hybridized carbons (Fsp3) is 0.583. The van der Waals surface area contributed by atoms with Crippen LogP contribution >= 0.6 is 0 Å². The Bertz CT molecular complexity index is 458. The van der Waals surface area contributed by atoms with Gasteiger partial charge in [-0.1, -0.05) is 0 Å². The van der Waals surface area contributed by atoms with Gasteiger partial charge in [-0.3, -0.25) is 4.79 Å². The van der Waals surface area contributed by atoms with Crippen LogP contribution in [-0.4, -0.2) is 34.2 Å². The summed E-state index contributed by atoms with van der Waals surface area (Å²) in [4.78, 5) is 19.4. The van der Waals surface area contributed by atoms with E-state index in [-0.39, 0.29) is 0 Å². The minimum absolute atomic E-state index is 0.393. The van der Waals surface area contributed by atoms with Crippen molar-refractivity contribution in [3.8, 4) is 5.88 Å². The molecule has 6 nitrogen and oxygen atoms in total. The lowest BCUT2D eigenvalue weighted by Crippen LogP contribution is -2.24. The molecule has 2 N–H and O–H groups in total. The predicted molar refractivity (Wildman–Crippen MR) is 65.7 cm³/mol. The number of hydrogen-bond acceptors (Lipinski definition) is 5. The minimum atomic E-state index is -0.745. The monoisotopic (exact) mass is 251 g/mol. The first-order valence-corrected chi connectivity index (χ1v) is 6.01. The molecule has 1 heterocycles. The van der Waals surface area contributed by atoms with Crippen LogP contribution in [0.5, 0.6) is 5.88 Å². The van der Waals surface area contributed by atoms with Crippen molar-refractivity contribution in [2.75, 3.05) is 18.5 Å². The fourth-order valence-corrected chi connectivity index (χ4v) is 1.73. The number of carboxylic acids is 1. The quantitative estimate of drug-likeness (QED) is 0.796.